The van der Waals surface area contributed by atoms with Crippen LogP contribution in [0.25, 0.3) is 0 Å². The first kappa shape index (κ1) is 15.2. The monoisotopic (exact) mass is 271 g/mol. The summed E-state index contributed by atoms with van der Waals surface area (Å²) in [5, 5.41) is 8.85. The lowest BCUT2D eigenvalue weighted by molar-refractivity contribution is -0.202. The van der Waals surface area contributed by atoms with Crippen molar-refractivity contribution in [3.05, 3.63) is 0 Å². The van der Waals surface area contributed by atoms with Crippen LogP contribution >= 0.6 is 0 Å². The number of likely N-dealkylation sites (tertiary alicyclic amines) is 1. The van der Waals surface area contributed by atoms with Gasteiger partial charge in [0.15, 0.2) is 0 Å². The van der Waals surface area contributed by atoms with E-state index >= 15 is 0 Å². The molecule has 0 unspecified atom stereocenters. The Morgan fingerprint density at radius 3 is 2.06 bits per heavy atom. The first-order valence-corrected chi connectivity index (χ1v) is 9.44. The Balaban J connectivity index is 3.49. The molecule has 1 rings (SSSR count). The maximum Gasteiger partial charge on any atom is 0.326 e. The summed E-state index contributed by atoms with van der Waals surface area (Å²) in [4.78, 5) is 26.1. The SMILES string of the molecule is CC[C@]1(C)C(=O)N(C(C)(C)C)[C@]1(C(=O)O)[SiH](C)C. The Morgan fingerprint density at radius 2 is 1.83 bits per heavy atom. The Bertz CT molecular complexity index is 388. The van der Waals surface area contributed by atoms with Crippen LogP contribution in [0.15, 0.2) is 0 Å². The third kappa shape index (κ3) is 1.49. The molecule has 0 aromatic carbocycles. The summed E-state index contributed by atoms with van der Waals surface area (Å²) in [6.45, 7) is 13.5. The summed E-state index contributed by atoms with van der Waals surface area (Å²) >= 11 is 0. The molecule has 0 spiro atoms. The van der Waals surface area contributed by atoms with Gasteiger partial charge in [0.25, 0.3) is 0 Å². The lowest BCUT2D eigenvalue weighted by Crippen LogP contribution is -2.87. The van der Waals surface area contributed by atoms with Gasteiger partial charge < -0.3 is 10.0 Å². The quantitative estimate of drug-likeness (QED) is 0.630. The van der Waals surface area contributed by atoms with Gasteiger partial charge in [-0.3, -0.25) is 9.59 Å². The number of carbonyl (C=O) groups is 2. The molecule has 5 heteroatoms. The lowest BCUT2D eigenvalue weighted by atomic mass is 9.67. The molecule has 1 N–H and O–H groups in total. The Kier molecular flexibility index (Phi) is 3.45. The minimum Gasteiger partial charge on any atom is -0.480 e. The van der Waals surface area contributed by atoms with Gasteiger partial charge in [-0.2, -0.15) is 0 Å². The smallest absolute Gasteiger partial charge is 0.326 e. The average molecular weight is 271 g/mol. The van der Waals surface area contributed by atoms with Crippen molar-refractivity contribution in [2.24, 2.45) is 5.41 Å². The summed E-state index contributed by atoms with van der Waals surface area (Å²) in [5.74, 6) is -0.843. The van der Waals surface area contributed by atoms with E-state index in [2.05, 4.69) is 0 Å². The number of hydrogen-bond donors (Lipinski definition) is 1. The third-order valence-electron chi connectivity index (χ3n) is 4.41. The number of carbonyl (C=O) groups excluding carboxylic acids is 1. The first-order valence-electron chi connectivity index (χ1n) is 6.56. The van der Waals surface area contributed by atoms with Crippen LogP contribution in [0, 0.1) is 5.41 Å². The standard InChI is InChI=1S/C13H25NO3Si/c1-8-12(5)9(15)14(11(2,3)4)13(12,10(16)17)18(6)7/h18H,8H2,1-7H3,(H,16,17)/t12-,13-/m1/s1. The van der Waals surface area contributed by atoms with Crippen LogP contribution in [0.1, 0.15) is 41.0 Å². The predicted octanol–water partition coefficient (Wildman–Crippen LogP) is 1.89. The molecule has 0 bridgehead atoms. The van der Waals surface area contributed by atoms with E-state index < -0.39 is 30.9 Å². The molecule has 0 aromatic heterocycles. The van der Waals surface area contributed by atoms with E-state index in [1.165, 1.54) is 0 Å². The predicted molar refractivity (Wildman–Crippen MR) is 74.2 cm³/mol. The van der Waals surface area contributed by atoms with Crippen LogP contribution < -0.4 is 0 Å². The highest BCUT2D eigenvalue weighted by Crippen LogP contribution is 2.55. The van der Waals surface area contributed by atoms with Crippen LogP contribution in [0.3, 0.4) is 0 Å². The van der Waals surface area contributed by atoms with E-state index in [0.29, 0.717) is 6.42 Å². The second-order valence-electron chi connectivity index (χ2n) is 6.72. The zero-order valence-electron chi connectivity index (χ0n) is 12.5. The van der Waals surface area contributed by atoms with Crippen LogP contribution in [-0.4, -0.2) is 41.4 Å². The molecular formula is C13H25NO3Si. The molecule has 1 fully saturated rings. The van der Waals surface area contributed by atoms with Gasteiger partial charge in [-0.15, -0.1) is 0 Å². The molecule has 1 heterocycles. The molecule has 0 aliphatic carbocycles. The van der Waals surface area contributed by atoms with Crippen LogP contribution in [-0.2, 0) is 9.59 Å². The largest absolute Gasteiger partial charge is 0.480 e. The number of hydrogen-bond acceptors (Lipinski definition) is 2. The van der Waals surface area contributed by atoms with Gasteiger partial charge in [-0.25, -0.2) is 0 Å². The van der Waals surface area contributed by atoms with E-state index in [0.717, 1.165) is 0 Å². The molecule has 4 nitrogen and oxygen atoms in total. The number of aliphatic carboxylic acids is 1. The van der Waals surface area contributed by atoms with Crippen molar-refractivity contribution >= 4 is 20.7 Å². The summed E-state index contributed by atoms with van der Waals surface area (Å²) in [7, 11) is -1.60. The molecular weight excluding hydrogens is 246 g/mol. The zero-order valence-corrected chi connectivity index (χ0v) is 13.7. The van der Waals surface area contributed by atoms with E-state index in [1.54, 1.807) is 4.90 Å². The zero-order chi connectivity index (χ0) is 14.5. The fourth-order valence-electron chi connectivity index (χ4n) is 3.49. The fourth-order valence-corrected chi connectivity index (χ4v) is 6.61. The summed E-state index contributed by atoms with van der Waals surface area (Å²) in [5.41, 5.74) is -1.19. The van der Waals surface area contributed by atoms with Crippen LogP contribution in [0.2, 0.25) is 13.1 Å². The molecule has 1 saturated heterocycles. The number of nitrogens with zero attached hydrogens (tertiary/aromatic N) is 1. The summed E-state index contributed by atoms with van der Waals surface area (Å²) in [6, 6.07) is 0. The van der Waals surface area contributed by atoms with Crippen molar-refractivity contribution in [3.63, 3.8) is 0 Å². The Morgan fingerprint density at radius 1 is 1.39 bits per heavy atom. The maximum atomic E-state index is 12.5. The molecule has 1 aliphatic heterocycles. The van der Waals surface area contributed by atoms with Crippen molar-refractivity contribution in [1.82, 2.24) is 4.90 Å². The minimum atomic E-state index is -1.60. The van der Waals surface area contributed by atoms with Gasteiger partial charge in [0.1, 0.15) is 5.16 Å². The number of rotatable bonds is 3. The van der Waals surface area contributed by atoms with Crippen molar-refractivity contribution in [2.75, 3.05) is 0 Å². The number of carboxylic acid groups (broad SMARTS) is 1. The molecule has 0 aromatic rings. The minimum absolute atomic E-state index is 0.0129. The van der Waals surface area contributed by atoms with E-state index in [-0.39, 0.29) is 5.91 Å². The Labute approximate surface area is 111 Å². The van der Waals surface area contributed by atoms with Gasteiger partial charge in [0, 0.05) is 5.54 Å². The molecule has 104 valence electrons. The van der Waals surface area contributed by atoms with Crippen LogP contribution in [0.4, 0.5) is 0 Å². The highest BCUT2D eigenvalue weighted by molar-refractivity contribution is 6.66. The first-order chi connectivity index (χ1) is 7.97. The molecule has 1 aliphatic rings. The molecule has 2 atom stereocenters. The normalized spacial score (nSPS) is 32.7. The highest BCUT2D eigenvalue weighted by Gasteiger charge is 2.75. The van der Waals surface area contributed by atoms with Gasteiger partial charge in [-0.1, -0.05) is 20.0 Å². The summed E-state index contributed by atoms with van der Waals surface area (Å²) < 4.78 is 0. The van der Waals surface area contributed by atoms with E-state index in [1.807, 2.05) is 47.7 Å². The van der Waals surface area contributed by atoms with Crippen LogP contribution in [0.5, 0.6) is 0 Å². The van der Waals surface area contributed by atoms with Crippen molar-refractivity contribution in [1.29, 1.82) is 0 Å². The van der Waals surface area contributed by atoms with Crippen molar-refractivity contribution in [2.45, 2.75) is 64.8 Å². The molecule has 0 radical (unpaired) electrons. The maximum absolute atomic E-state index is 12.5. The fraction of sp³-hybridized carbons (Fsp3) is 0.846. The van der Waals surface area contributed by atoms with E-state index in [9.17, 15) is 14.7 Å². The van der Waals surface area contributed by atoms with Gasteiger partial charge in [0.2, 0.25) is 5.91 Å². The third-order valence-corrected chi connectivity index (χ3v) is 7.22. The van der Waals surface area contributed by atoms with E-state index in [4.69, 9.17) is 0 Å². The highest BCUT2D eigenvalue weighted by atomic mass is 28.3. The topological polar surface area (TPSA) is 57.6 Å². The molecule has 1 amide bonds. The average Bonchev–Trinajstić information content (AvgIpc) is 2.20. The van der Waals surface area contributed by atoms with Gasteiger partial charge in [-0.05, 0) is 34.1 Å². The summed E-state index contributed by atoms with van der Waals surface area (Å²) in [6.07, 6.45) is 0.579. The number of amides is 1. The molecule has 0 saturated carbocycles. The van der Waals surface area contributed by atoms with Gasteiger partial charge in [0.05, 0.1) is 14.2 Å². The number of carboxylic acids is 1. The molecule has 18 heavy (non-hydrogen) atoms. The van der Waals surface area contributed by atoms with Crippen molar-refractivity contribution in [3.8, 4) is 0 Å². The Hall–Kier alpha value is -0.843. The van der Waals surface area contributed by atoms with Gasteiger partial charge >= 0.3 is 5.97 Å². The second kappa shape index (κ2) is 4.08. The second-order valence-corrected chi connectivity index (χ2v) is 9.87. The number of β-lactam (4-membered cyclic amide) rings is 1. The van der Waals surface area contributed by atoms with Crippen molar-refractivity contribution < 1.29 is 14.7 Å². The lowest BCUT2D eigenvalue weighted by Gasteiger charge is -2.67.